The largest absolute Gasteiger partial charge is 0.508 e. The number of benzene rings is 5. The number of phenols is 1. The molecule has 5 aromatic rings. The molecule has 43 heavy (non-hydrogen) atoms. The lowest BCUT2D eigenvalue weighted by molar-refractivity contribution is 0.0733. The maximum Gasteiger partial charge on any atom is 0.343 e. The topological polar surface area (TPSA) is 105 Å². The minimum atomic E-state index is -0.489. The van der Waals surface area contributed by atoms with Crippen molar-refractivity contribution in [3.63, 3.8) is 0 Å². The monoisotopic (exact) mass is 570 g/mol. The number of hydrogen-bond acceptors (Lipinski definition) is 5. The number of esters is 1. The summed E-state index contributed by atoms with van der Waals surface area (Å²) >= 11 is 0. The number of anilines is 1. The Bertz CT molecular complexity index is 1780. The summed E-state index contributed by atoms with van der Waals surface area (Å²) in [6, 6.07) is 33.4. The van der Waals surface area contributed by atoms with Crippen molar-refractivity contribution < 1.29 is 24.2 Å². The third-order valence-corrected chi connectivity index (χ3v) is 6.93. The highest BCUT2D eigenvalue weighted by atomic mass is 16.5. The van der Waals surface area contributed by atoms with E-state index < -0.39 is 5.97 Å². The van der Waals surface area contributed by atoms with Crippen LogP contribution in [0, 0.1) is 13.8 Å². The van der Waals surface area contributed by atoms with Crippen LogP contribution in [0.25, 0.3) is 11.1 Å². The van der Waals surface area contributed by atoms with Crippen LogP contribution in [0.3, 0.4) is 0 Å². The van der Waals surface area contributed by atoms with Gasteiger partial charge >= 0.3 is 5.97 Å². The van der Waals surface area contributed by atoms with E-state index in [0.29, 0.717) is 33.7 Å². The Balaban J connectivity index is 1.17. The molecule has 2 amide bonds. The minimum Gasteiger partial charge on any atom is -0.508 e. The SMILES string of the molecule is Cc1ccc(OC(=O)c2ccc(C(=O)Nc3cccc(CNC(=O)c4ccc(-c5ccc(O)cc5)cc4)c3)cc2C)cc1. The molecule has 0 fully saturated rings. The van der Waals surface area contributed by atoms with E-state index in [2.05, 4.69) is 10.6 Å². The first-order valence-electron chi connectivity index (χ1n) is 13.7. The minimum absolute atomic E-state index is 0.200. The molecule has 0 bridgehead atoms. The van der Waals surface area contributed by atoms with E-state index in [0.717, 1.165) is 22.3 Å². The van der Waals surface area contributed by atoms with Crippen LogP contribution < -0.4 is 15.4 Å². The van der Waals surface area contributed by atoms with Crippen molar-refractivity contribution in [1.29, 1.82) is 0 Å². The Hall–Kier alpha value is -5.69. The van der Waals surface area contributed by atoms with Gasteiger partial charge in [0.2, 0.25) is 0 Å². The summed E-state index contributed by atoms with van der Waals surface area (Å²) in [5.41, 5.74) is 6.26. The molecule has 5 aromatic carbocycles. The van der Waals surface area contributed by atoms with Crippen LogP contribution >= 0.6 is 0 Å². The Morgan fingerprint density at radius 2 is 1.35 bits per heavy atom. The fourth-order valence-electron chi connectivity index (χ4n) is 4.52. The second kappa shape index (κ2) is 12.9. The zero-order chi connectivity index (χ0) is 30.3. The molecule has 5 rings (SSSR count). The van der Waals surface area contributed by atoms with Crippen LogP contribution in [0.2, 0.25) is 0 Å². The van der Waals surface area contributed by atoms with Gasteiger partial charge in [-0.15, -0.1) is 0 Å². The summed E-state index contributed by atoms with van der Waals surface area (Å²) in [5, 5.41) is 15.3. The number of amides is 2. The number of rotatable bonds is 8. The second-order valence-electron chi connectivity index (χ2n) is 10.2. The molecule has 0 aliphatic rings. The normalized spacial score (nSPS) is 10.6. The van der Waals surface area contributed by atoms with Gasteiger partial charge in [-0.1, -0.05) is 54.1 Å². The van der Waals surface area contributed by atoms with Crippen molar-refractivity contribution in [3.05, 3.63) is 149 Å². The highest BCUT2D eigenvalue weighted by Gasteiger charge is 2.15. The first-order chi connectivity index (χ1) is 20.7. The van der Waals surface area contributed by atoms with Crippen molar-refractivity contribution in [2.45, 2.75) is 20.4 Å². The van der Waals surface area contributed by atoms with E-state index in [1.165, 1.54) is 0 Å². The third-order valence-electron chi connectivity index (χ3n) is 6.93. The van der Waals surface area contributed by atoms with Gasteiger partial charge in [0, 0.05) is 23.4 Å². The van der Waals surface area contributed by atoms with E-state index in [1.54, 1.807) is 79.7 Å². The summed E-state index contributed by atoms with van der Waals surface area (Å²) in [7, 11) is 0. The molecule has 0 saturated heterocycles. The van der Waals surface area contributed by atoms with Crippen molar-refractivity contribution in [1.82, 2.24) is 5.32 Å². The lowest BCUT2D eigenvalue weighted by Crippen LogP contribution is -2.22. The Morgan fingerprint density at radius 1 is 0.698 bits per heavy atom. The maximum atomic E-state index is 13.0. The number of phenolic OH excluding ortho intramolecular Hbond substituents is 1. The molecule has 0 heterocycles. The molecule has 0 radical (unpaired) electrons. The predicted octanol–water partition coefficient (Wildman–Crippen LogP) is 7.08. The van der Waals surface area contributed by atoms with Gasteiger partial charge < -0.3 is 20.5 Å². The summed E-state index contributed by atoms with van der Waals surface area (Å²) in [5.74, 6) is -0.377. The molecule has 3 N–H and O–H groups in total. The highest BCUT2D eigenvalue weighted by molar-refractivity contribution is 6.05. The average molecular weight is 571 g/mol. The first-order valence-corrected chi connectivity index (χ1v) is 13.7. The quantitative estimate of drug-likeness (QED) is 0.137. The summed E-state index contributed by atoms with van der Waals surface area (Å²) in [6.07, 6.45) is 0. The number of aryl methyl sites for hydroxylation is 2. The molecule has 7 nitrogen and oxygen atoms in total. The summed E-state index contributed by atoms with van der Waals surface area (Å²) in [4.78, 5) is 38.4. The number of carbonyl (C=O) groups is 3. The van der Waals surface area contributed by atoms with Gasteiger partial charge in [-0.2, -0.15) is 0 Å². The fraction of sp³-hybridized carbons (Fsp3) is 0.0833. The predicted molar refractivity (Wildman–Crippen MR) is 166 cm³/mol. The van der Waals surface area contributed by atoms with Gasteiger partial charge in [0.25, 0.3) is 11.8 Å². The van der Waals surface area contributed by atoms with Gasteiger partial charge in [-0.05, 0) is 103 Å². The highest BCUT2D eigenvalue weighted by Crippen LogP contribution is 2.23. The average Bonchev–Trinajstić information content (AvgIpc) is 3.01. The van der Waals surface area contributed by atoms with Gasteiger partial charge in [-0.25, -0.2) is 4.79 Å². The van der Waals surface area contributed by atoms with E-state index in [-0.39, 0.29) is 24.1 Å². The lowest BCUT2D eigenvalue weighted by atomic mass is 10.0. The summed E-state index contributed by atoms with van der Waals surface area (Å²) < 4.78 is 5.46. The number of nitrogens with one attached hydrogen (secondary N) is 2. The van der Waals surface area contributed by atoms with Crippen molar-refractivity contribution in [2.75, 3.05) is 5.32 Å². The molecule has 214 valence electrons. The van der Waals surface area contributed by atoms with Crippen LogP contribution in [-0.4, -0.2) is 22.9 Å². The molecular weight excluding hydrogens is 540 g/mol. The fourth-order valence-corrected chi connectivity index (χ4v) is 4.52. The van der Waals surface area contributed by atoms with E-state index in [1.807, 2.05) is 49.4 Å². The molecule has 0 aliphatic carbocycles. The van der Waals surface area contributed by atoms with Crippen LogP contribution in [0.5, 0.6) is 11.5 Å². The van der Waals surface area contributed by atoms with Gasteiger partial charge in [-0.3, -0.25) is 9.59 Å². The number of hydrogen-bond donors (Lipinski definition) is 3. The van der Waals surface area contributed by atoms with E-state index in [9.17, 15) is 19.5 Å². The molecule has 0 aromatic heterocycles. The molecule has 7 heteroatoms. The van der Waals surface area contributed by atoms with Crippen molar-refractivity contribution in [3.8, 4) is 22.6 Å². The number of carbonyl (C=O) groups excluding carboxylic acids is 3. The number of ether oxygens (including phenoxy) is 1. The van der Waals surface area contributed by atoms with Gasteiger partial charge in [0.15, 0.2) is 0 Å². The Labute approximate surface area is 249 Å². The zero-order valence-electron chi connectivity index (χ0n) is 23.8. The van der Waals surface area contributed by atoms with Gasteiger partial charge in [0.1, 0.15) is 11.5 Å². The van der Waals surface area contributed by atoms with Crippen LogP contribution in [0.4, 0.5) is 5.69 Å². The van der Waals surface area contributed by atoms with Crippen LogP contribution in [0.1, 0.15) is 47.8 Å². The van der Waals surface area contributed by atoms with Crippen molar-refractivity contribution in [2.24, 2.45) is 0 Å². The summed E-state index contributed by atoms with van der Waals surface area (Å²) in [6.45, 7) is 3.99. The van der Waals surface area contributed by atoms with Crippen LogP contribution in [-0.2, 0) is 6.54 Å². The third kappa shape index (κ3) is 7.34. The van der Waals surface area contributed by atoms with Gasteiger partial charge in [0.05, 0.1) is 5.56 Å². The second-order valence-corrected chi connectivity index (χ2v) is 10.2. The maximum absolute atomic E-state index is 13.0. The molecule has 0 atom stereocenters. The molecule has 0 unspecified atom stereocenters. The first kappa shape index (κ1) is 28.8. The zero-order valence-corrected chi connectivity index (χ0v) is 23.8. The van der Waals surface area contributed by atoms with E-state index in [4.69, 9.17) is 4.74 Å². The lowest BCUT2D eigenvalue weighted by Gasteiger charge is -2.11. The standard InChI is InChI=1S/C36H30N2O5/c1-23-6-17-32(18-7-23)43-36(42)33-19-14-29(20-24(33)2)35(41)38-30-5-3-4-25(21-30)22-37-34(40)28-10-8-26(9-11-28)27-12-15-31(39)16-13-27/h3-21,39H,22H2,1-2H3,(H,37,40)(H,38,41). The Morgan fingerprint density at radius 3 is 2.02 bits per heavy atom. The number of aromatic hydroxyl groups is 1. The van der Waals surface area contributed by atoms with E-state index >= 15 is 0 Å². The molecule has 0 saturated carbocycles. The van der Waals surface area contributed by atoms with Crippen molar-refractivity contribution >= 4 is 23.5 Å². The smallest absolute Gasteiger partial charge is 0.343 e. The molecule has 0 spiro atoms. The van der Waals surface area contributed by atoms with Crippen LogP contribution in [0.15, 0.2) is 115 Å². The Kier molecular flexibility index (Phi) is 8.63. The molecular formula is C36H30N2O5. The molecule has 0 aliphatic heterocycles.